The number of imidazole rings is 1. The predicted octanol–water partition coefficient (Wildman–Crippen LogP) is 3.66. The van der Waals surface area contributed by atoms with E-state index in [0.717, 1.165) is 38.6 Å². The number of guanidine groups is 1. The standard InChI is InChI=1S/C17H33N5.HI/c1-4-7-9-16(5-2)14-21-17(19-6-3)20-10-8-12-22-13-11-18-15-22;/h11,13,15-16H,4-10,12,14H2,1-3H3,(H2,19,20,21);1H. The van der Waals surface area contributed by atoms with Crippen LogP contribution in [0.5, 0.6) is 0 Å². The van der Waals surface area contributed by atoms with Crippen LogP contribution < -0.4 is 10.6 Å². The summed E-state index contributed by atoms with van der Waals surface area (Å²) >= 11 is 0. The summed E-state index contributed by atoms with van der Waals surface area (Å²) in [5.74, 6) is 1.66. The molecule has 5 nitrogen and oxygen atoms in total. The Bertz CT molecular complexity index is 392. The van der Waals surface area contributed by atoms with Crippen LogP contribution in [0.15, 0.2) is 23.7 Å². The Hall–Kier alpha value is -0.790. The first-order valence-electron chi connectivity index (χ1n) is 8.78. The van der Waals surface area contributed by atoms with Crippen LogP contribution in [0, 0.1) is 5.92 Å². The number of aliphatic imine (C=N–C) groups is 1. The van der Waals surface area contributed by atoms with Gasteiger partial charge < -0.3 is 15.2 Å². The molecule has 1 aromatic rings. The van der Waals surface area contributed by atoms with Gasteiger partial charge in [0.2, 0.25) is 0 Å². The van der Waals surface area contributed by atoms with E-state index in [0.29, 0.717) is 5.92 Å². The highest BCUT2D eigenvalue weighted by Gasteiger charge is 2.05. The highest BCUT2D eigenvalue weighted by Crippen LogP contribution is 2.12. The molecule has 0 saturated heterocycles. The van der Waals surface area contributed by atoms with Crippen molar-refractivity contribution >= 4 is 29.9 Å². The third-order valence-corrected chi connectivity index (χ3v) is 3.84. The number of aromatic nitrogens is 2. The van der Waals surface area contributed by atoms with Crippen molar-refractivity contribution in [1.82, 2.24) is 20.2 Å². The van der Waals surface area contributed by atoms with Crippen molar-refractivity contribution in [3.05, 3.63) is 18.7 Å². The van der Waals surface area contributed by atoms with E-state index in [1.54, 1.807) is 0 Å². The first-order chi connectivity index (χ1) is 10.8. The molecule has 0 aliphatic carbocycles. The van der Waals surface area contributed by atoms with E-state index in [-0.39, 0.29) is 24.0 Å². The molecule has 1 atom stereocenters. The van der Waals surface area contributed by atoms with E-state index < -0.39 is 0 Å². The Morgan fingerprint density at radius 2 is 2.04 bits per heavy atom. The van der Waals surface area contributed by atoms with Crippen molar-refractivity contribution in [2.45, 2.75) is 59.4 Å². The van der Waals surface area contributed by atoms with Gasteiger partial charge in [0.1, 0.15) is 0 Å². The molecule has 0 aliphatic rings. The number of hydrogen-bond acceptors (Lipinski definition) is 2. The smallest absolute Gasteiger partial charge is 0.191 e. The Balaban J connectivity index is 0.00000484. The van der Waals surface area contributed by atoms with E-state index in [4.69, 9.17) is 4.99 Å². The van der Waals surface area contributed by atoms with Gasteiger partial charge in [0.25, 0.3) is 0 Å². The lowest BCUT2D eigenvalue weighted by molar-refractivity contribution is 0.461. The monoisotopic (exact) mass is 435 g/mol. The van der Waals surface area contributed by atoms with Gasteiger partial charge in [0.15, 0.2) is 5.96 Å². The van der Waals surface area contributed by atoms with Gasteiger partial charge >= 0.3 is 0 Å². The van der Waals surface area contributed by atoms with E-state index >= 15 is 0 Å². The molecular weight excluding hydrogens is 401 g/mol. The van der Waals surface area contributed by atoms with Crippen molar-refractivity contribution < 1.29 is 0 Å². The SMILES string of the molecule is CCCCC(CC)CN=C(NCC)NCCCn1ccnc1.I. The van der Waals surface area contributed by atoms with Crippen molar-refractivity contribution in [3.63, 3.8) is 0 Å². The molecule has 23 heavy (non-hydrogen) atoms. The fourth-order valence-corrected chi connectivity index (χ4v) is 2.37. The minimum absolute atomic E-state index is 0. The quantitative estimate of drug-likeness (QED) is 0.241. The molecule has 0 amide bonds. The number of halogens is 1. The van der Waals surface area contributed by atoms with Gasteiger partial charge in [-0.2, -0.15) is 0 Å². The lowest BCUT2D eigenvalue weighted by Crippen LogP contribution is -2.38. The van der Waals surface area contributed by atoms with Crippen LogP contribution in [0.1, 0.15) is 52.9 Å². The maximum absolute atomic E-state index is 4.75. The van der Waals surface area contributed by atoms with E-state index in [2.05, 4.69) is 41.0 Å². The van der Waals surface area contributed by atoms with Gasteiger partial charge in [-0.25, -0.2) is 4.98 Å². The predicted molar refractivity (Wildman–Crippen MR) is 110 cm³/mol. The lowest BCUT2D eigenvalue weighted by Gasteiger charge is -2.15. The number of rotatable bonds is 11. The molecule has 1 unspecified atom stereocenters. The third-order valence-electron chi connectivity index (χ3n) is 3.84. The molecular formula is C17H34IN5. The molecule has 134 valence electrons. The maximum Gasteiger partial charge on any atom is 0.191 e. The average molecular weight is 435 g/mol. The molecule has 0 aromatic carbocycles. The number of nitrogens with one attached hydrogen (secondary N) is 2. The van der Waals surface area contributed by atoms with Crippen LogP contribution in [-0.4, -0.2) is 35.1 Å². The van der Waals surface area contributed by atoms with Crippen LogP contribution in [0.2, 0.25) is 0 Å². The summed E-state index contributed by atoms with van der Waals surface area (Å²) in [5.41, 5.74) is 0. The molecule has 0 aliphatic heterocycles. The zero-order valence-electron chi connectivity index (χ0n) is 14.9. The summed E-state index contributed by atoms with van der Waals surface area (Å²) in [4.78, 5) is 8.80. The second-order valence-electron chi connectivity index (χ2n) is 5.72. The maximum atomic E-state index is 4.75. The summed E-state index contributed by atoms with van der Waals surface area (Å²) in [6.45, 7) is 10.4. The van der Waals surface area contributed by atoms with Crippen LogP contribution in [0.4, 0.5) is 0 Å². The second-order valence-corrected chi connectivity index (χ2v) is 5.72. The van der Waals surface area contributed by atoms with Gasteiger partial charge in [-0.05, 0) is 25.7 Å². The summed E-state index contributed by atoms with van der Waals surface area (Å²) in [6.07, 6.45) is 11.8. The molecule has 0 saturated carbocycles. The van der Waals surface area contributed by atoms with Crippen LogP contribution in [0.3, 0.4) is 0 Å². The van der Waals surface area contributed by atoms with Crippen LogP contribution in [-0.2, 0) is 6.54 Å². The van der Waals surface area contributed by atoms with Crippen molar-refractivity contribution in [1.29, 1.82) is 0 Å². The lowest BCUT2D eigenvalue weighted by atomic mass is 10.00. The normalized spacial score (nSPS) is 12.6. The fourth-order valence-electron chi connectivity index (χ4n) is 2.37. The minimum Gasteiger partial charge on any atom is -0.357 e. The first-order valence-corrected chi connectivity index (χ1v) is 8.78. The van der Waals surface area contributed by atoms with Gasteiger partial charge in [-0.3, -0.25) is 4.99 Å². The fraction of sp³-hybridized carbons (Fsp3) is 0.765. The molecule has 6 heteroatoms. The number of hydrogen-bond donors (Lipinski definition) is 2. The Morgan fingerprint density at radius 3 is 2.65 bits per heavy atom. The minimum atomic E-state index is 0. The van der Waals surface area contributed by atoms with Crippen LogP contribution in [0.25, 0.3) is 0 Å². The second kappa shape index (κ2) is 14.8. The first kappa shape index (κ1) is 22.2. The number of aryl methyl sites for hydroxylation is 1. The van der Waals surface area contributed by atoms with Gasteiger partial charge in [0.05, 0.1) is 6.33 Å². The molecule has 1 heterocycles. The third kappa shape index (κ3) is 10.6. The zero-order chi connectivity index (χ0) is 16.0. The van der Waals surface area contributed by atoms with Crippen molar-refractivity contribution in [2.24, 2.45) is 10.9 Å². The van der Waals surface area contributed by atoms with Crippen molar-refractivity contribution in [2.75, 3.05) is 19.6 Å². The highest BCUT2D eigenvalue weighted by atomic mass is 127. The van der Waals surface area contributed by atoms with Gasteiger partial charge in [0, 0.05) is 38.6 Å². The molecule has 1 aromatic heterocycles. The number of nitrogens with zero attached hydrogens (tertiary/aromatic N) is 3. The summed E-state index contributed by atoms with van der Waals surface area (Å²) < 4.78 is 2.10. The van der Waals surface area contributed by atoms with E-state index in [9.17, 15) is 0 Å². The zero-order valence-corrected chi connectivity index (χ0v) is 17.3. The highest BCUT2D eigenvalue weighted by molar-refractivity contribution is 14.0. The Kier molecular flexibility index (Phi) is 14.3. The van der Waals surface area contributed by atoms with E-state index in [1.807, 2.05) is 18.7 Å². The van der Waals surface area contributed by atoms with Crippen molar-refractivity contribution in [3.8, 4) is 0 Å². The van der Waals surface area contributed by atoms with Gasteiger partial charge in [-0.15, -0.1) is 24.0 Å². The molecule has 2 N–H and O–H groups in total. The largest absolute Gasteiger partial charge is 0.357 e. The summed E-state index contributed by atoms with van der Waals surface area (Å²) in [5, 5.41) is 6.76. The van der Waals surface area contributed by atoms with Crippen LogP contribution >= 0.6 is 24.0 Å². The topological polar surface area (TPSA) is 54.2 Å². The molecule has 0 fully saturated rings. The Labute approximate surface area is 158 Å². The molecule has 0 radical (unpaired) electrons. The number of unbranched alkanes of at least 4 members (excludes halogenated alkanes) is 1. The Morgan fingerprint density at radius 1 is 1.22 bits per heavy atom. The van der Waals surface area contributed by atoms with Gasteiger partial charge in [-0.1, -0.05) is 33.1 Å². The molecule has 0 spiro atoms. The summed E-state index contributed by atoms with van der Waals surface area (Å²) in [6, 6.07) is 0. The van der Waals surface area contributed by atoms with E-state index in [1.165, 1.54) is 25.7 Å². The molecule has 0 bridgehead atoms. The average Bonchev–Trinajstić information content (AvgIpc) is 3.04. The summed E-state index contributed by atoms with van der Waals surface area (Å²) in [7, 11) is 0. The molecule has 1 rings (SSSR count).